The van der Waals surface area contributed by atoms with Gasteiger partial charge in [0.05, 0.1) is 15.5 Å². The van der Waals surface area contributed by atoms with Gasteiger partial charge in [-0.3, -0.25) is 14.8 Å². The molecule has 0 radical (unpaired) electrons. The van der Waals surface area contributed by atoms with Gasteiger partial charge in [0.25, 0.3) is 10.0 Å². The van der Waals surface area contributed by atoms with Crippen LogP contribution < -0.4 is 4.72 Å². The molecule has 0 atom stereocenters. The molecule has 2 N–H and O–H groups in total. The van der Waals surface area contributed by atoms with E-state index in [1.165, 1.54) is 0 Å². The number of nitro benzene ring substituents is 1. The second-order valence-electron chi connectivity index (χ2n) is 4.11. The molecule has 0 aromatic heterocycles. The number of nitrogens with zero attached hydrogens (tertiary/aromatic N) is 1. The highest BCUT2D eigenvalue weighted by molar-refractivity contribution is 7.92. The van der Waals surface area contributed by atoms with Crippen molar-refractivity contribution in [3.63, 3.8) is 0 Å². The molecule has 0 aliphatic rings. The van der Waals surface area contributed by atoms with E-state index in [1.807, 2.05) is 0 Å². The number of hydrogen-bond donors (Lipinski definition) is 2. The number of halogens is 2. The van der Waals surface area contributed by atoms with Gasteiger partial charge in [0, 0.05) is 6.07 Å². The molecule has 0 bridgehead atoms. The summed E-state index contributed by atoms with van der Waals surface area (Å²) in [6.07, 6.45) is 0. The maximum atomic E-state index is 13.5. The predicted molar refractivity (Wildman–Crippen MR) is 71.9 cm³/mol. The Bertz CT molecular complexity index is 855. The number of nitrogens with one attached hydrogen (secondary N) is 1. The summed E-state index contributed by atoms with van der Waals surface area (Å²) in [5.74, 6) is -3.38. The third-order valence-corrected chi connectivity index (χ3v) is 4.01. The van der Waals surface area contributed by atoms with Crippen LogP contribution in [0.3, 0.4) is 0 Å². The number of rotatable bonds is 4. The molecule has 116 valence electrons. The van der Waals surface area contributed by atoms with Gasteiger partial charge in [-0.15, -0.1) is 0 Å². The third kappa shape index (κ3) is 2.96. The van der Waals surface area contributed by atoms with Crippen molar-refractivity contribution >= 4 is 21.4 Å². The first kappa shape index (κ1) is 15.6. The van der Waals surface area contributed by atoms with Crippen molar-refractivity contribution < 1.29 is 27.2 Å². The van der Waals surface area contributed by atoms with Crippen LogP contribution in [0.25, 0.3) is 0 Å². The van der Waals surface area contributed by atoms with Crippen molar-refractivity contribution in [2.24, 2.45) is 0 Å². The fraction of sp³-hybridized carbons (Fsp3) is 0. The SMILES string of the molecule is O=[N+]([O-])c1cc(S(=O)(=O)Nc2cccc(F)c2F)ccc1O. The number of sulfonamides is 1. The highest BCUT2D eigenvalue weighted by atomic mass is 32.2. The summed E-state index contributed by atoms with van der Waals surface area (Å²) < 4.78 is 52.4. The first-order chi connectivity index (χ1) is 10.2. The smallest absolute Gasteiger partial charge is 0.312 e. The minimum absolute atomic E-state index is 0.583. The fourth-order valence-corrected chi connectivity index (χ4v) is 2.68. The Morgan fingerprint density at radius 1 is 1.18 bits per heavy atom. The molecule has 0 saturated heterocycles. The minimum Gasteiger partial charge on any atom is -0.502 e. The highest BCUT2D eigenvalue weighted by Crippen LogP contribution is 2.29. The first-order valence-corrected chi connectivity index (χ1v) is 7.15. The lowest BCUT2D eigenvalue weighted by Gasteiger charge is -2.09. The molecule has 0 aliphatic heterocycles. The van der Waals surface area contributed by atoms with E-state index in [9.17, 15) is 32.4 Å². The molecule has 0 heterocycles. The maximum Gasteiger partial charge on any atom is 0.312 e. The summed E-state index contributed by atoms with van der Waals surface area (Å²) in [6.45, 7) is 0. The lowest BCUT2D eigenvalue weighted by atomic mass is 10.3. The van der Waals surface area contributed by atoms with Gasteiger partial charge >= 0.3 is 5.69 Å². The zero-order chi connectivity index (χ0) is 16.5. The summed E-state index contributed by atoms with van der Waals surface area (Å²) >= 11 is 0. The highest BCUT2D eigenvalue weighted by Gasteiger charge is 2.22. The quantitative estimate of drug-likeness (QED) is 0.661. The molecule has 10 heteroatoms. The van der Waals surface area contributed by atoms with Gasteiger partial charge < -0.3 is 5.11 Å². The molecule has 0 amide bonds. The number of aromatic hydroxyl groups is 1. The van der Waals surface area contributed by atoms with Crippen LogP contribution in [0, 0.1) is 21.7 Å². The zero-order valence-corrected chi connectivity index (χ0v) is 11.5. The molecular weight excluding hydrogens is 322 g/mol. The number of nitro groups is 1. The zero-order valence-electron chi connectivity index (χ0n) is 10.7. The molecule has 2 aromatic rings. The monoisotopic (exact) mass is 330 g/mol. The maximum absolute atomic E-state index is 13.5. The Morgan fingerprint density at radius 3 is 2.50 bits per heavy atom. The number of hydrogen-bond acceptors (Lipinski definition) is 5. The molecule has 0 saturated carbocycles. The van der Waals surface area contributed by atoms with Crippen LogP contribution in [0.1, 0.15) is 0 Å². The Labute approximate surface area is 123 Å². The van der Waals surface area contributed by atoms with Crippen molar-refractivity contribution in [3.05, 3.63) is 58.1 Å². The molecule has 0 spiro atoms. The van der Waals surface area contributed by atoms with E-state index in [-0.39, 0.29) is 0 Å². The summed E-state index contributed by atoms with van der Waals surface area (Å²) in [6, 6.07) is 5.20. The van der Waals surface area contributed by atoms with Crippen LogP contribution >= 0.6 is 0 Å². The largest absolute Gasteiger partial charge is 0.502 e. The van der Waals surface area contributed by atoms with E-state index < -0.39 is 48.6 Å². The Morgan fingerprint density at radius 2 is 1.86 bits per heavy atom. The number of phenols is 1. The number of benzene rings is 2. The van der Waals surface area contributed by atoms with E-state index in [0.29, 0.717) is 6.07 Å². The number of anilines is 1. The molecule has 22 heavy (non-hydrogen) atoms. The topological polar surface area (TPSA) is 110 Å². The van der Waals surface area contributed by atoms with E-state index in [4.69, 9.17) is 0 Å². The van der Waals surface area contributed by atoms with Gasteiger partial charge in [-0.25, -0.2) is 17.2 Å². The van der Waals surface area contributed by atoms with Crippen LogP contribution in [0.4, 0.5) is 20.2 Å². The Balaban J connectivity index is 2.45. The van der Waals surface area contributed by atoms with E-state index in [0.717, 1.165) is 30.3 Å². The van der Waals surface area contributed by atoms with Crippen molar-refractivity contribution in [2.45, 2.75) is 4.90 Å². The van der Waals surface area contributed by atoms with Crippen LogP contribution in [-0.4, -0.2) is 18.4 Å². The average Bonchev–Trinajstić information content (AvgIpc) is 2.43. The number of phenolic OH excluding ortho intramolecular Hbond substituents is 1. The molecule has 2 rings (SSSR count). The van der Waals surface area contributed by atoms with Crippen molar-refractivity contribution in [1.29, 1.82) is 0 Å². The van der Waals surface area contributed by atoms with Crippen LogP contribution in [-0.2, 0) is 10.0 Å². The van der Waals surface area contributed by atoms with E-state index >= 15 is 0 Å². The normalized spacial score (nSPS) is 11.2. The molecule has 0 unspecified atom stereocenters. The Kier molecular flexibility index (Phi) is 3.95. The summed E-state index contributed by atoms with van der Waals surface area (Å²) in [5.41, 5.74) is -1.47. The Hall–Kier alpha value is -2.75. The molecule has 0 fully saturated rings. The second-order valence-corrected chi connectivity index (χ2v) is 5.80. The van der Waals surface area contributed by atoms with E-state index in [1.54, 1.807) is 4.72 Å². The van der Waals surface area contributed by atoms with Gasteiger partial charge in [0.15, 0.2) is 17.4 Å². The van der Waals surface area contributed by atoms with Gasteiger partial charge in [0.2, 0.25) is 0 Å². The second kappa shape index (κ2) is 5.56. The predicted octanol–water partition coefficient (Wildman–Crippen LogP) is 2.38. The summed E-state index contributed by atoms with van der Waals surface area (Å²) in [7, 11) is -4.40. The van der Waals surface area contributed by atoms with Crippen molar-refractivity contribution in [2.75, 3.05) is 4.72 Å². The molecular formula is C12H8F2N2O5S. The minimum atomic E-state index is -4.40. The van der Waals surface area contributed by atoms with Crippen molar-refractivity contribution in [1.82, 2.24) is 0 Å². The third-order valence-electron chi connectivity index (χ3n) is 2.65. The molecule has 7 nitrogen and oxygen atoms in total. The van der Waals surface area contributed by atoms with Crippen LogP contribution in [0.2, 0.25) is 0 Å². The molecule has 2 aromatic carbocycles. The standard InChI is InChI=1S/C12H8F2N2O5S/c13-8-2-1-3-9(12(8)14)15-22(20,21)7-4-5-11(17)10(6-7)16(18)19/h1-6,15,17H. The summed E-state index contributed by atoms with van der Waals surface area (Å²) in [4.78, 5) is 9.12. The lowest BCUT2D eigenvalue weighted by molar-refractivity contribution is -0.386. The lowest BCUT2D eigenvalue weighted by Crippen LogP contribution is -2.14. The van der Waals surface area contributed by atoms with Crippen LogP contribution in [0.15, 0.2) is 41.3 Å². The first-order valence-electron chi connectivity index (χ1n) is 5.66. The van der Waals surface area contributed by atoms with Gasteiger partial charge in [0.1, 0.15) is 0 Å². The van der Waals surface area contributed by atoms with Gasteiger partial charge in [-0.1, -0.05) is 6.07 Å². The fourth-order valence-electron chi connectivity index (χ4n) is 1.60. The van der Waals surface area contributed by atoms with Gasteiger partial charge in [-0.2, -0.15) is 0 Å². The van der Waals surface area contributed by atoms with E-state index in [2.05, 4.69) is 0 Å². The van der Waals surface area contributed by atoms with Crippen molar-refractivity contribution in [3.8, 4) is 5.75 Å². The average molecular weight is 330 g/mol. The molecule has 0 aliphatic carbocycles. The summed E-state index contributed by atoms with van der Waals surface area (Å²) in [5, 5.41) is 20.0. The van der Waals surface area contributed by atoms with Crippen LogP contribution in [0.5, 0.6) is 5.75 Å². The van der Waals surface area contributed by atoms with Gasteiger partial charge in [-0.05, 0) is 24.3 Å².